The number of carbonyl (C=O) groups is 3. The summed E-state index contributed by atoms with van der Waals surface area (Å²) in [5.41, 5.74) is 0. The predicted octanol–water partition coefficient (Wildman–Crippen LogP) is 3.56. The van der Waals surface area contributed by atoms with Gasteiger partial charge in [-0.2, -0.15) is 0 Å². The van der Waals surface area contributed by atoms with Crippen LogP contribution in [0.2, 0.25) is 0 Å². The van der Waals surface area contributed by atoms with Crippen LogP contribution in [0.15, 0.2) is 25.3 Å². The van der Waals surface area contributed by atoms with Gasteiger partial charge in [0.05, 0.1) is 16.6 Å². The molecule has 3 fully saturated rings. The summed E-state index contributed by atoms with van der Waals surface area (Å²) >= 11 is 1.68. The van der Waals surface area contributed by atoms with E-state index < -0.39 is 22.6 Å². The third-order valence-electron chi connectivity index (χ3n) is 7.80. The number of hydrogen-bond donors (Lipinski definition) is 1. The molecule has 3 aliphatic heterocycles. The molecule has 6 atom stereocenters. The highest BCUT2D eigenvalue weighted by Crippen LogP contribution is 2.66. The quantitative estimate of drug-likeness (QED) is 0.208. The van der Waals surface area contributed by atoms with Gasteiger partial charge in [0, 0.05) is 31.0 Å². The van der Waals surface area contributed by atoms with Crippen LogP contribution in [0.5, 0.6) is 0 Å². The molecule has 1 spiro atoms. The first-order chi connectivity index (χ1) is 16.9. The van der Waals surface area contributed by atoms with Crippen LogP contribution in [0.1, 0.15) is 65.2 Å². The molecule has 3 rings (SSSR count). The second-order valence-corrected chi connectivity index (χ2v) is 11.7. The minimum absolute atomic E-state index is 0.00388. The average Bonchev–Trinajstić information content (AvgIpc) is 3.48. The highest BCUT2D eigenvalue weighted by Gasteiger charge is 2.74. The number of carbonyl (C=O) groups excluding carboxylic acids is 3. The number of ether oxygens (including phenoxy) is 1. The molecule has 8 heteroatoms. The van der Waals surface area contributed by atoms with Crippen LogP contribution < -0.4 is 0 Å². The molecule has 0 radical (unpaired) electrons. The van der Waals surface area contributed by atoms with Crippen molar-refractivity contribution in [2.45, 2.75) is 87.3 Å². The first-order valence-corrected chi connectivity index (χ1v) is 14.0. The molecule has 0 aromatic rings. The molecule has 2 bridgehead atoms. The normalized spacial score (nSPS) is 29.7. The van der Waals surface area contributed by atoms with Crippen molar-refractivity contribution in [2.24, 2.45) is 11.8 Å². The molecule has 3 aliphatic rings. The fourth-order valence-corrected chi connectivity index (χ4v) is 8.48. The second-order valence-electron chi connectivity index (χ2n) is 10.1. The van der Waals surface area contributed by atoms with Gasteiger partial charge in [0.15, 0.2) is 0 Å². The highest BCUT2D eigenvalue weighted by atomic mass is 32.2. The van der Waals surface area contributed by atoms with Crippen LogP contribution in [-0.4, -0.2) is 81.1 Å². The van der Waals surface area contributed by atoms with Gasteiger partial charge in [-0.15, -0.1) is 18.3 Å². The Balaban J connectivity index is 1.93. The van der Waals surface area contributed by atoms with E-state index >= 15 is 0 Å². The molecule has 0 aliphatic carbocycles. The first-order valence-electron chi connectivity index (χ1n) is 13.2. The summed E-state index contributed by atoms with van der Waals surface area (Å²) in [4.78, 5) is 44.8. The van der Waals surface area contributed by atoms with Gasteiger partial charge < -0.3 is 19.6 Å². The standard InChI is InChI=1S/C27H42N2O5S/c1-5-12-19(4)28(15-6-2)25(32)23-27-14-13-20(35-27)21(26(33)34-18-7-3)22(27)24(31)29(23)16-10-8-9-11-17-30/h6-7,19-23,30H,2-3,5,8-18H2,1,4H3/t19?,20-,21+,22-,23?,27?/m0/s1. The van der Waals surface area contributed by atoms with Gasteiger partial charge in [-0.1, -0.05) is 44.9 Å². The van der Waals surface area contributed by atoms with E-state index in [0.717, 1.165) is 51.4 Å². The smallest absolute Gasteiger partial charge is 0.311 e. The minimum Gasteiger partial charge on any atom is -0.461 e. The zero-order valence-corrected chi connectivity index (χ0v) is 22.1. The lowest BCUT2D eigenvalue weighted by molar-refractivity contribution is -0.153. The summed E-state index contributed by atoms with van der Waals surface area (Å²) < 4.78 is 4.83. The number of esters is 1. The van der Waals surface area contributed by atoms with Crippen LogP contribution >= 0.6 is 11.8 Å². The lowest BCUT2D eigenvalue weighted by atomic mass is 9.71. The predicted molar refractivity (Wildman–Crippen MR) is 139 cm³/mol. The Bertz CT molecular complexity index is 804. The molecule has 7 nitrogen and oxygen atoms in total. The lowest BCUT2D eigenvalue weighted by Crippen LogP contribution is -2.56. The molecular formula is C27H42N2O5S. The van der Waals surface area contributed by atoms with E-state index in [1.165, 1.54) is 6.08 Å². The number of aliphatic hydroxyl groups excluding tert-OH is 1. The maximum atomic E-state index is 14.2. The molecule has 3 heterocycles. The number of likely N-dealkylation sites (tertiary alicyclic amines) is 1. The monoisotopic (exact) mass is 506 g/mol. The molecule has 0 saturated carbocycles. The SMILES string of the molecule is C=CCOC(=O)[C@@H]1[C@@H]2CCC3(S2)C(C(=O)N(CC=C)C(C)CCC)N(CCCCCCO)C(=O)[C@H]13. The van der Waals surface area contributed by atoms with E-state index in [9.17, 15) is 14.4 Å². The Labute approximate surface area is 214 Å². The summed E-state index contributed by atoms with van der Waals surface area (Å²) in [6.45, 7) is 12.9. The van der Waals surface area contributed by atoms with Gasteiger partial charge in [-0.3, -0.25) is 14.4 Å². The van der Waals surface area contributed by atoms with Crippen LogP contribution in [0.25, 0.3) is 0 Å². The van der Waals surface area contributed by atoms with E-state index in [2.05, 4.69) is 27.0 Å². The molecule has 3 unspecified atom stereocenters. The number of hydrogen-bond acceptors (Lipinski definition) is 6. The minimum atomic E-state index is -0.590. The number of amides is 2. The van der Waals surface area contributed by atoms with E-state index in [-0.39, 0.29) is 42.3 Å². The molecule has 0 aromatic heterocycles. The van der Waals surface area contributed by atoms with Gasteiger partial charge in [-0.25, -0.2) is 0 Å². The summed E-state index contributed by atoms with van der Waals surface area (Å²) in [5, 5.41) is 9.09. The number of fused-ring (bicyclic) bond motifs is 1. The van der Waals surface area contributed by atoms with Gasteiger partial charge in [0.2, 0.25) is 11.8 Å². The number of rotatable bonds is 15. The number of thioether (sulfide) groups is 1. The molecule has 0 aromatic carbocycles. The molecule has 3 saturated heterocycles. The molecule has 1 N–H and O–H groups in total. The highest BCUT2D eigenvalue weighted by molar-refractivity contribution is 8.02. The fourth-order valence-electron chi connectivity index (χ4n) is 6.28. The number of aliphatic hydroxyl groups is 1. The van der Waals surface area contributed by atoms with Crippen molar-refractivity contribution in [2.75, 3.05) is 26.3 Å². The van der Waals surface area contributed by atoms with Crippen molar-refractivity contribution in [3.05, 3.63) is 25.3 Å². The Kier molecular flexibility index (Phi) is 9.87. The Morgan fingerprint density at radius 2 is 2.03 bits per heavy atom. The molecule has 196 valence electrons. The number of unbranched alkanes of at least 4 members (excludes halogenated alkanes) is 3. The fraction of sp³-hybridized carbons (Fsp3) is 0.741. The van der Waals surface area contributed by atoms with E-state index in [0.29, 0.717) is 13.1 Å². The van der Waals surface area contributed by atoms with Gasteiger partial charge in [0.25, 0.3) is 0 Å². The van der Waals surface area contributed by atoms with Crippen molar-refractivity contribution in [1.82, 2.24) is 9.80 Å². The van der Waals surface area contributed by atoms with Crippen molar-refractivity contribution < 1.29 is 24.2 Å². The van der Waals surface area contributed by atoms with Crippen molar-refractivity contribution >= 4 is 29.5 Å². The number of nitrogens with zero attached hydrogens (tertiary/aromatic N) is 2. The van der Waals surface area contributed by atoms with Gasteiger partial charge in [-0.05, 0) is 39.0 Å². The zero-order chi connectivity index (χ0) is 25.6. The third-order valence-corrected chi connectivity index (χ3v) is 9.76. The first kappa shape index (κ1) is 27.8. The van der Waals surface area contributed by atoms with Crippen LogP contribution in [-0.2, 0) is 19.1 Å². The molecular weight excluding hydrogens is 464 g/mol. The summed E-state index contributed by atoms with van der Waals surface area (Å²) in [6, 6.07) is -0.538. The third kappa shape index (κ3) is 5.33. The van der Waals surface area contributed by atoms with Crippen LogP contribution in [0.3, 0.4) is 0 Å². The lowest BCUT2D eigenvalue weighted by Gasteiger charge is -2.39. The Hall–Kier alpha value is -1.80. The van der Waals surface area contributed by atoms with Crippen molar-refractivity contribution in [1.29, 1.82) is 0 Å². The Morgan fingerprint density at radius 3 is 2.69 bits per heavy atom. The Morgan fingerprint density at radius 1 is 1.29 bits per heavy atom. The summed E-state index contributed by atoms with van der Waals surface area (Å²) in [7, 11) is 0. The second kappa shape index (κ2) is 12.4. The zero-order valence-electron chi connectivity index (χ0n) is 21.3. The van der Waals surface area contributed by atoms with Crippen molar-refractivity contribution in [3.8, 4) is 0 Å². The molecule has 2 amide bonds. The molecule has 35 heavy (non-hydrogen) atoms. The topological polar surface area (TPSA) is 87.2 Å². The van der Waals surface area contributed by atoms with E-state index in [4.69, 9.17) is 9.84 Å². The average molecular weight is 507 g/mol. The summed E-state index contributed by atoms with van der Waals surface area (Å²) in [5.74, 6) is -1.49. The van der Waals surface area contributed by atoms with Gasteiger partial charge >= 0.3 is 5.97 Å². The van der Waals surface area contributed by atoms with E-state index in [1.807, 2.05) is 4.90 Å². The maximum Gasteiger partial charge on any atom is 0.311 e. The van der Waals surface area contributed by atoms with Crippen LogP contribution in [0.4, 0.5) is 0 Å². The van der Waals surface area contributed by atoms with Crippen LogP contribution in [0, 0.1) is 11.8 Å². The summed E-state index contributed by atoms with van der Waals surface area (Å²) in [6.07, 6.45) is 9.96. The largest absolute Gasteiger partial charge is 0.461 e. The van der Waals surface area contributed by atoms with Crippen molar-refractivity contribution in [3.63, 3.8) is 0 Å². The van der Waals surface area contributed by atoms with E-state index in [1.54, 1.807) is 22.7 Å². The van der Waals surface area contributed by atoms with Gasteiger partial charge in [0.1, 0.15) is 12.6 Å². The maximum absolute atomic E-state index is 14.2.